The normalized spacial score (nSPS) is 10.8. The van der Waals surface area contributed by atoms with Gasteiger partial charge in [0.25, 0.3) is 5.69 Å². The van der Waals surface area contributed by atoms with Crippen LogP contribution >= 0.6 is 0 Å². The van der Waals surface area contributed by atoms with E-state index in [1.165, 1.54) is 11.6 Å². The highest BCUT2D eigenvalue weighted by Gasteiger charge is 2.13. The van der Waals surface area contributed by atoms with E-state index in [9.17, 15) is 10.1 Å². The third-order valence-electron chi connectivity index (χ3n) is 6.52. The summed E-state index contributed by atoms with van der Waals surface area (Å²) >= 11 is 0. The molecule has 0 fully saturated rings. The minimum atomic E-state index is -0.396. The van der Waals surface area contributed by atoms with Gasteiger partial charge in [-0.1, -0.05) is 64.1 Å². The predicted molar refractivity (Wildman–Crippen MR) is 172 cm³/mol. The zero-order valence-corrected chi connectivity index (χ0v) is 25.3. The second-order valence-corrected chi connectivity index (χ2v) is 10.6. The lowest BCUT2D eigenvalue weighted by atomic mass is 10.0. The summed E-state index contributed by atoms with van der Waals surface area (Å²) < 4.78 is 10.8. The minimum Gasteiger partial charge on any atom is -0.496 e. The van der Waals surface area contributed by atoms with Gasteiger partial charge < -0.3 is 25.8 Å². The zero-order valence-electron chi connectivity index (χ0n) is 25.3. The van der Waals surface area contributed by atoms with Crippen molar-refractivity contribution in [2.75, 3.05) is 20.0 Å². The molecular formula is C34H42N4O4. The number of anilines is 1. The number of hydrogen-bond acceptors (Lipinski definition) is 7. The number of nitro benzene ring substituents is 1. The van der Waals surface area contributed by atoms with Gasteiger partial charge in [0.05, 0.1) is 19.1 Å². The molecule has 8 nitrogen and oxygen atoms in total. The van der Waals surface area contributed by atoms with Gasteiger partial charge in [-0.25, -0.2) is 0 Å². The molecule has 0 radical (unpaired) electrons. The van der Waals surface area contributed by atoms with E-state index in [1.807, 2.05) is 42.5 Å². The van der Waals surface area contributed by atoms with E-state index >= 15 is 0 Å². The quantitative estimate of drug-likeness (QED) is 0.0992. The lowest BCUT2D eigenvalue weighted by Crippen LogP contribution is -2.21. The molecule has 8 heteroatoms. The fourth-order valence-corrected chi connectivity index (χ4v) is 4.33. The maximum absolute atomic E-state index is 11.0. The van der Waals surface area contributed by atoms with Crippen molar-refractivity contribution < 1.29 is 14.4 Å². The Morgan fingerprint density at radius 1 is 0.714 bits per heavy atom. The van der Waals surface area contributed by atoms with Crippen LogP contribution in [-0.4, -0.2) is 31.2 Å². The number of non-ortho nitro benzene ring substituents is 1. The van der Waals surface area contributed by atoms with Gasteiger partial charge in [0.2, 0.25) is 0 Å². The maximum Gasteiger partial charge on any atom is 0.270 e. The van der Waals surface area contributed by atoms with E-state index in [4.69, 9.17) is 15.2 Å². The minimum absolute atomic E-state index is 0.0570. The summed E-state index contributed by atoms with van der Waals surface area (Å²) in [4.78, 5) is 10.6. The Morgan fingerprint density at radius 3 is 1.64 bits per heavy atom. The lowest BCUT2D eigenvalue weighted by Gasteiger charge is -2.12. The molecule has 0 saturated carbocycles. The maximum atomic E-state index is 11.0. The van der Waals surface area contributed by atoms with Crippen LogP contribution in [0.2, 0.25) is 0 Å². The molecular weight excluding hydrogens is 528 g/mol. The summed E-state index contributed by atoms with van der Waals surface area (Å²) in [6, 6.07) is 27.6. The van der Waals surface area contributed by atoms with Gasteiger partial charge in [-0.3, -0.25) is 10.1 Å². The fourth-order valence-electron chi connectivity index (χ4n) is 4.33. The first-order valence-corrected chi connectivity index (χ1v) is 14.0. The first kappa shape index (κ1) is 32.1. The van der Waals surface area contributed by atoms with E-state index in [2.05, 4.69) is 62.6 Å². The molecule has 0 aliphatic rings. The van der Waals surface area contributed by atoms with Crippen LogP contribution in [0.3, 0.4) is 0 Å². The van der Waals surface area contributed by atoms with E-state index < -0.39 is 4.92 Å². The average molecular weight is 571 g/mol. The largest absolute Gasteiger partial charge is 0.496 e. The van der Waals surface area contributed by atoms with Gasteiger partial charge in [0.15, 0.2) is 0 Å². The molecule has 4 aromatic rings. The first-order valence-electron chi connectivity index (χ1n) is 14.0. The van der Waals surface area contributed by atoms with Crippen LogP contribution in [-0.2, 0) is 13.1 Å². The summed E-state index contributed by atoms with van der Waals surface area (Å²) in [5.74, 6) is 1.47. The number of methoxy groups -OCH3 is 2. The van der Waals surface area contributed by atoms with Crippen LogP contribution < -0.4 is 25.8 Å². The third-order valence-corrected chi connectivity index (χ3v) is 6.52. The molecule has 0 aromatic heterocycles. The highest BCUT2D eigenvalue weighted by Crippen LogP contribution is 2.34. The van der Waals surface area contributed by atoms with Crippen LogP contribution in [0, 0.1) is 10.1 Å². The van der Waals surface area contributed by atoms with Crippen LogP contribution in [0.15, 0.2) is 84.9 Å². The standard InChI is InChI=1S/C17H20N2O3.C17H22N2O/c1-12(2)18-11-13-5-4-6-14(9-13)16-10-15(19(20)21)7-8-17(16)22-3;1-12(2)19-11-13-5-4-6-14(9-13)16-10-15(18)7-8-17(16)20-3/h4-10,12,18H,11H2,1-3H3;4-10,12,19H,11,18H2,1-3H3. The van der Waals surface area contributed by atoms with Gasteiger partial charge in [-0.15, -0.1) is 0 Å². The summed E-state index contributed by atoms with van der Waals surface area (Å²) in [7, 11) is 3.24. The Labute approximate surface area is 249 Å². The van der Waals surface area contributed by atoms with Crippen molar-refractivity contribution >= 4 is 11.4 Å². The van der Waals surface area contributed by atoms with Gasteiger partial charge in [-0.05, 0) is 58.7 Å². The molecule has 0 bridgehead atoms. The Balaban J connectivity index is 0.000000231. The Hall–Kier alpha value is -4.40. The Kier molecular flexibility index (Phi) is 11.9. The molecule has 42 heavy (non-hydrogen) atoms. The SMILES string of the molecule is COc1ccc(N)cc1-c1cccc(CNC(C)C)c1.COc1ccc([N+](=O)[O-])cc1-c1cccc(CNC(C)C)c1. The summed E-state index contributed by atoms with van der Waals surface area (Å²) in [5, 5.41) is 17.8. The third kappa shape index (κ3) is 9.33. The molecule has 0 aliphatic heterocycles. The van der Waals surface area contributed by atoms with E-state index in [1.54, 1.807) is 26.4 Å². The van der Waals surface area contributed by atoms with Crippen molar-refractivity contribution in [3.05, 3.63) is 106 Å². The number of rotatable bonds is 11. The predicted octanol–water partition coefficient (Wildman–Crippen LogP) is 7.21. The van der Waals surface area contributed by atoms with Crippen LogP contribution in [0.1, 0.15) is 38.8 Å². The van der Waals surface area contributed by atoms with Gasteiger partial charge in [0, 0.05) is 54.1 Å². The topological polar surface area (TPSA) is 112 Å². The second-order valence-electron chi connectivity index (χ2n) is 10.6. The van der Waals surface area contributed by atoms with Crippen LogP contribution in [0.4, 0.5) is 11.4 Å². The molecule has 0 heterocycles. The molecule has 0 aliphatic carbocycles. The van der Waals surface area contributed by atoms with E-state index in [-0.39, 0.29) is 5.69 Å². The average Bonchev–Trinajstić information content (AvgIpc) is 2.99. The molecule has 0 saturated heterocycles. The Bertz CT molecular complexity index is 1470. The van der Waals surface area contributed by atoms with Gasteiger partial charge in [-0.2, -0.15) is 0 Å². The molecule has 0 unspecified atom stereocenters. The molecule has 4 aromatic carbocycles. The number of nitro groups is 1. The number of nitrogens with two attached hydrogens (primary N) is 1. The molecule has 222 valence electrons. The van der Waals surface area contributed by atoms with Crippen molar-refractivity contribution in [2.24, 2.45) is 0 Å². The van der Waals surface area contributed by atoms with Crippen LogP contribution in [0.25, 0.3) is 22.3 Å². The number of ether oxygens (including phenoxy) is 2. The molecule has 0 amide bonds. The molecule has 4 rings (SSSR count). The Morgan fingerprint density at radius 2 is 1.19 bits per heavy atom. The zero-order chi connectivity index (χ0) is 30.6. The summed E-state index contributed by atoms with van der Waals surface area (Å²) in [6.07, 6.45) is 0. The van der Waals surface area contributed by atoms with Crippen molar-refractivity contribution in [3.8, 4) is 33.8 Å². The fraction of sp³-hybridized carbons (Fsp3) is 0.294. The second kappa shape index (κ2) is 15.6. The van der Waals surface area contributed by atoms with E-state index in [0.717, 1.165) is 52.3 Å². The highest BCUT2D eigenvalue weighted by molar-refractivity contribution is 5.75. The monoisotopic (exact) mass is 570 g/mol. The smallest absolute Gasteiger partial charge is 0.270 e. The van der Waals surface area contributed by atoms with Crippen LogP contribution in [0.5, 0.6) is 11.5 Å². The van der Waals surface area contributed by atoms with Crippen molar-refractivity contribution in [1.82, 2.24) is 10.6 Å². The van der Waals surface area contributed by atoms with Gasteiger partial charge in [0.1, 0.15) is 11.5 Å². The van der Waals surface area contributed by atoms with E-state index in [0.29, 0.717) is 17.8 Å². The molecule has 0 spiro atoms. The van der Waals surface area contributed by atoms with Gasteiger partial charge >= 0.3 is 0 Å². The lowest BCUT2D eigenvalue weighted by molar-refractivity contribution is -0.384. The summed E-state index contributed by atoms with van der Waals surface area (Å²) in [5.41, 5.74) is 12.8. The summed E-state index contributed by atoms with van der Waals surface area (Å²) in [6.45, 7) is 10.1. The number of benzene rings is 4. The van der Waals surface area contributed by atoms with Crippen molar-refractivity contribution in [3.63, 3.8) is 0 Å². The van der Waals surface area contributed by atoms with Crippen molar-refractivity contribution in [2.45, 2.75) is 52.9 Å². The highest BCUT2D eigenvalue weighted by atomic mass is 16.6. The number of nitrogen functional groups attached to an aromatic ring is 1. The number of hydrogen-bond donors (Lipinski definition) is 3. The van der Waals surface area contributed by atoms with Crippen molar-refractivity contribution in [1.29, 1.82) is 0 Å². The number of nitrogens with zero attached hydrogens (tertiary/aromatic N) is 1. The number of nitrogens with one attached hydrogen (secondary N) is 2. The molecule has 0 atom stereocenters. The molecule has 4 N–H and O–H groups in total. The first-order chi connectivity index (χ1) is 20.1.